The number of carbonyl (C=O) groups excluding carboxylic acids is 1. The van der Waals surface area contributed by atoms with Crippen LogP contribution in [0.2, 0.25) is 0 Å². The van der Waals surface area contributed by atoms with E-state index in [4.69, 9.17) is 22.0 Å². The predicted octanol–water partition coefficient (Wildman–Crippen LogP) is 3.84. The molecule has 0 saturated carbocycles. The van der Waals surface area contributed by atoms with Crippen molar-refractivity contribution in [2.45, 2.75) is 46.1 Å². The zero-order valence-corrected chi connectivity index (χ0v) is 13.6. The minimum atomic E-state index is -0.699. The van der Waals surface area contributed by atoms with Crippen LogP contribution in [0.4, 0.5) is 0 Å². The van der Waals surface area contributed by atoms with E-state index in [9.17, 15) is 4.79 Å². The molecule has 1 aromatic heterocycles. The number of rotatable bonds is 6. The molecule has 1 rings (SSSR count). The van der Waals surface area contributed by atoms with Gasteiger partial charge in [0.2, 0.25) is 0 Å². The summed E-state index contributed by atoms with van der Waals surface area (Å²) in [6, 6.07) is 1.85. The summed E-state index contributed by atoms with van der Waals surface area (Å²) in [5, 5.41) is 0. The summed E-state index contributed by atoms with van der Waals surface area (Å²) in [7, 11) is 0. The van der Waals surface area contributed by atoms with Crippen molar-refractivity contribution in [1.29, 1.82) is 0 Å². The lowest BCUT2D eigenvalue weighted by Crippen LogP contribution is -2.26. The van der Waals surface area contributed by atoms with Gasteiger partial charge >= 0.3 is 5.97 Å². The minimum absolute atomic E-state index is 0.0675. The van der Waals surface area contributed by atoms with Crippen LogP contribution in [0, 0.1) is 37.5 Å². The van der Waals surface area contributed by atoms with Gasteiger partial charge in [-0.3, -0.25) is 4.79 Å². The van der Waals surface area contributed by atoms with Gasteiger partial charge in [-0.05, 0) is 31.4 Å². The molecule has 1 aromatic rings. The monoisotopic (exact) mass is 298 g/mol. The fourth-order valence-electron chi connectivity index (χ4n) is 2.19. The maximum atomic E-state index is 12.5. The standard InChI is InChI=1S/C19H22O3/c1-7-9-10-14(5)17(8-2)22-19(20)18(13(3)4)16-11-15(6)21-12-16/h1-2,10-13,17-18H,9H2,3-6H3. The number of ether oxygens (including phenoxy) is 1. The Morgan fingerprint density at radius 2 is 2.14 bits per heavy atom. The zero-order valence-electron chi connectivity index (χ0n) is 13.6. The van der Waals surface area contributed by atoms with Crippen molar-refractivity contribution in [2.75, 3.05) is 0 Å². The summed E-state index contributed by atoms with van der Waals surface area (Å²) in [6.07, 6.45) is 13.8. The highest BCUT2D eigenvalue weighted by Gasteiger charge is 2.29. The van der Waals surface area contributed by atoms with Crippen LogP contribution in [0.15, 0.2) is 28.4 Å². The second-order valence-corrected chi connectivity index (χ2v) is 5.55. The number of hydrogen-bond acceptors (Lipinski definition) is 3. The molecule has 116 valence electrons. The molecule has 2 atom stereocenters. The maximum Gasteiger partial charge on any atom is 0.315 e. The Labute approximate surface area is 132 Å². The lowest BCUT2D eigenvalue weighted by atomic mass is 9.90. The van der Waals surface area contributed by atoms with Crippen molar-refractivity contribution in [1.82, 2.24) is 0 Å². The molecular formula is C19H22O3. The van der Waals surface area contributed by atoms with Crippen LogP contribution < -0.4 is 0 Å². The average molecular weight is 298 g/mol. The molecule has 1 heterocycles. The first-order valence-electron chi connectivity index (χ1n) is 7.22. The fraction of sp³-hybridized carbons (Fsp3) is 0.421. The highest BCUT2D eigenvalue weighted by atomic mass is 16.5. The molecule has 0 aliphatic rings. The molecule has 22 heavy (non-hydrogen) atoms. The molecule has 0 bridgehead atoms. The van der Waals surface area contributed by atoms with Crippen molar-refractivity contribution >= 4 is 5.97 Å². The molecule has 0 amide bonds. The number of carbonyl (C=O) groups is 1. The summed E-state index contributed by atoms with van der Waals surface area (Å²) >= 11 is 0. The largest absolute Gasteiger partial charge is 0.469 e. The zero-order chi connectivity index (χ0) is 16.7. The van der Waals surface area contributed by atoms with Gasteiger partial charge in [0.05, 0.1) is 12.2 Å². The van der Waals surface area contributed by atoms with Crippen LogP contribution >= 0.6 is 0 Å². The fourth-order valence-corrected chi connectivity index (χ4v) is 2.19. The van der Waals surface area contributed by atoms with E-state index in [-0.39, 0.29) is 11.9 Å². The van der Waals surface area contributed by atoms with Crippen molar-refractivity contribution in [3.8, 4) is 24.7 Å². The summed E-state index contributed by atoms with van der Waals surface area (Å²) in [6.45, 7) is 7.56. The molecule has 0 spiro atoms. The van der Waals surface area contributed by atoms with Crippen LogP contribution in [0.1, 0.15) is 44.4 Å². The van der Waals surface area contributed by atoms with E-state index in [2.05, 4.69) is 11.8 Å². The van der Waals surface area contributed by atoms with Gasteiger partial charge in [0, 0.05) is 12.0 Å². The van der Waals surface area contributed by atoms with Gasteiger partial charge < -0.3 is 9.15 Å². The highest BCUT2D eigenvalue weighted by molar-refractivity contribution is 5.79. The Morgan fingerprint density at radius 1 is 1.45 bits per heavy atom. The van der Waals surface area contributed by atoms with Crippen LogP contribution in [-0.4, -0.2) is 12.1 Å². The van der Waals surface area contributed by atoms with E-state index >= 15 is 0 Å². The number of aryl methyl sites for hydroxylation is 1. The summed E-state index contributed by atoms with van der Waals surface area (Å²) in [4.78, 5) is 12.5. The number of allylic oxidation sites excluding steroid dienone is 1. The number of furan rings is 1. The van der Waals surface area contributed by atoms with Gasteiger partial charge in [0.15, 0.2) is 6.10 Å². The molecule has 2 unspecified atom stereocenters. The summed E-state index contributed by atoms with van der Waals surface area (Å²) in [5.74, 6) is 5.05. The first kappa shape index (κ1) is 17.7. The molecule has 0 fully saturated rings. The first-order valence-corrected chi connectivity index (χ1v) is 7.22. The van der Waals surface area contributed by atoms with Crippen LogP contribution in [0.3, 0.4) is 0 Å². The third-order valence-electron chi connectivity index (χ3n) is 3.37. The van der Waals surface area contributed by atoms with Crippen molar-refractivity contribution < 1.29 is 13.9 Å². The third-order valence-corrected chi connectivity index (χ3v) is 3.37. The Balaban J connectivity index is 2.92. The second-order valence-electron chi connectivity index (χ2n) is 5.55. The van der Waals surface area contributed by atoms with Gasteiger partial charge in [0.1, 0.15) is 5.76 Å². The summed E-state index contributed by atoms with van der Waals surface area (Å²) in [5.41, 5.74) is 1.57. The Morgan fingerprint density at radius 3 is 2.59 bits per heavy atom. The molecule has 3 heteroatoms. The Kier molecular flexibility index (Phi) is 6.54. The number of terminal acetylenes is 2. The lowest BCUT2D eigenvalue weighted by Gasteiger charge is -2.21. The maximum absolute atomic E-state index is 12.5. The molecule has 0 saturated heterocycles. The van der Waals surface area contributed by atoms with E-state index in [1.54, 1.807) is 12.3 Å². The van der Waals surface area contributed by atoms with Gasteiger partial charge in [-0.1, -0.05) is 25.8 Å². The molecule has 0 radical (unpaired) electrons. The van der Waals surface area contributed by atoms with Crippen molar-refractivity contribution in [2.24, 2.45) is 5.92 Å². The molecule has 0 aliphatic carbocycles. The van der Waals surface area contributed by atoms with Crippen LogP contribution in [0.5, 0.6) is 0 Å². The van der Waals surface area contributed by atoms with Gasteiger partial charge in [0.25, 0.3) is 0 Å². The van der Waals surface area contributed by atoms with Gasteiger partial charge in [-0.2, -0.15) is 0 Å². The molecule has 0 aliphatic heterocycles. The van der Waals surface area contributed by atoms with Crippen LogP contribution in [-0.2, 0) is 9.53 Å². The van der Waals surface area contributed by atoms with E-state index in [0.29, 0.717) is 6.42 Å². The van der Waals surface area contributed by atoms with E-state index < -0.39 is 12.0 Å². The van der Waals surface area contributed by atoms with Gasteiger partial charge in [-0.15, -0.1) is 18.8 Å². The average Bonchev–Trinajstić information content (AvgIpc) is 2.87. The number of hydrogen-bond donors (Lipinski definition) is 0. The number of esters is 1. The van der Waals surface area contributed by atoms with Crippen LogP contribution in [0.25, 0.3) is 0 Å². The summed E-state index contributed by atoms with van der Waals surface area (Å²) < 4.78 is 10.8. The second kappa shape index (κ2) is 8.15. The third kappa shape index (κ3) is 4.57. The Bertz CT molecular complexity index is 620. The van der Waals surface area contributed by atoms with E-state index in [0.717, 1.165) is 16.9 Å². The molecule has 0 aromatic carbocycles. The lowest BCUT2D eigenvalue weighted by molar-refractivity contribution is -0.148. The highest BCUT2D eigenvalue weighted by Crippen LogP contribution is 2.28. The molecular weight excluding hydrogens is 276 g/mol. The first-order chi connectivity index (χ1) is 10.4. The SMILES string of the molecule is C#CCC=C(C)C(C#C)OC(=O)C(c1coc(C)c1)C(C)C. The molecule has 3 nitrogen and oxygen atoms in total. The van der Waals surface area contributed by atoms with Crippen molar-refractivity contribution in [3.05, 3.63) is 35.3 Å². The van der Waals surface area contributed by atoms with Gasteiger partial charge in [-0.25, -0.2) is 0 Å². The topological polar surface area (TPSA) is 39.4 Å². The van der Waals surface area contributed by atoms with E-state index in [1.807, 2.05) is 33.8 Å². The normalized spacial score (nSPS) is 14.0. The smallest absolute Gasteiger partial charge is 0.315 e. The minimum Gasteiger partial charge on any atom is -0.469 e. The predicted molar refractivity (Wildman–Crippen MR) is 86.9 cm³/mol. The van der Waals surface area contributed by atoms with E-state index in [1.165, 1.54) is 0 Å². The molecule has 0 N–H and O–H groups in total. The quantitative estimate of drug-likeness (QED) is 0.455. The van der Waals surface area contributed by atoms with Crippen molar-refractivity contribution in [3.63, 3.8) is 0 Å². The Hall–Kier alpha value is -2.39.